The number of aromatic nitrogens is 3. The van der Waals surface area contributed by atoms with Gasteiger partial charge in [-0.15, -0.1) is 0 Å². The molecule has 1 amide bonds. The molecule has 1 aliphatic rings. The van der Waals surface area contributed by atoms with Crippen LogP contribution in [0, 0.1) is 6.92 Å². The second-order valence-corrected chi connectivity index (χ2v) is 9.05. The Bertz CT molecular complexity index is 1740. The fraction of sp³-hybridized carbons (Fsp3) is 0.138. The van der Waals surface area contributed by atoms with Gasteiger partial charge in [0.1, 0.15) is 0 Å². The third kappa shape index (κ3) is 3.65. The number of nitrogens with one attached hydrogen (secondary N) is 1. The van der Waals surface area contributed by atoms with E-state index < -0.39 is 0 Å². The van der Waals surface area contributed by atoms with Crippen LogP contribution in [-0.4, -0.2) is 31.6 Å². The first-order valence-corrected chi connectivity index (χ1v) is 11.8. The summed E-state index contributed by atoms with van der Waals surface area (Å²) in [6.07, 6.45) is 3.71. The largest absolute Gasteiger partial charge is 0.321 e. The minimum absolute atomic E-state index is 0.191. The van der Waals surface area contributed by atoms with E-state index in [2.05, 4.69) is 15.0 Å². The van der Waals surface area contributed by atoms with Crippen LogP contribution in [0.15, 0.2) is 89.0 Å². The molecule has 5 aromatic rings. The molecule has 1 N–H and O–H groups in total. The lowest BCUT2D eigenvalue weighted by atomic mass is 9.90. The number of hydrogen-bond acceptors (Lipinski definition) is 5. The van der Waals surface area contributed by atoms with Crippen molar-refractivity contribution in [3.05, 3.63) is 106 Å². The quantitative estimate of drug-likeness (QED) is 0.393. The second-order valence-electron chi connectivity index (χ2n) is 9.05. The van der Waals surface area contributed by atoms with Gasteiger partial charge in [0.2, 0.25) is 5.91 Å². The van der Waals surface area contributed by atoms with Gasteiger partial charge in [0, 0.05) is 42.2 Å². The Morgan fingerprint density at radius 2 is 1.72 bits per heavy atom. The minimum Gasteiger partial charge on any atom is -0.321 e. The van der Waals surface area contributed by atoms with Gasteiger partial charge in [-0.05, 0) is 41.8 Å². The van der Waals surface area contributed by atoms with Crippen molar-refractivity contribution >= 4 is 33.6 Å². The summed E-state index contributed by atoms with van der Waals surface area (Å²) in [6, 6.07) is 21.3. The fourth-order valence-corrected chi connectivity index (χ4v) is 4.99. The molecule has 1 aliphatic heterocycles. The monoisotopic (exact) mass is 473 g/mol. The molecule has 0 bridgehead atoms. The summed E-state index contributed by atoms with van der Waals surface area (Å²) in [5, 5.41) is 7.12. The van der Waals surface area contributed by atoms with Gasteiger partial charge >= 0.3 is 0 Å². The average molecular weight is 474 g/mol. The number of H-pyrrole nitrogens is 1. The number of nitrogens with zero attached hydrogens (tertiary/aromatic N) is 4. The Morgan fingerprint density at radius 3 is 2.50 bits per heavy atom. The molecule has 3 heterocycles. The highest BCUT2D eigenvalue weighted by Crippen LogP contribution is 2.37. The Kier molecular flexibility index (Phi) is 5.18. The molecule has 1 unspecified atom stereocenters. The SMILES string of the molecule is CC(=O)N1N=C(c2c(-c3ccccc3)c3ccc(C)cc3[nH]c2=O)CC1c1ccc2nccnc2c1. The van der Waals surface area contributed by atoms with E-state index in [9.17, 15) is 9.59 Å². The van der Waals surface area contributed by atoms with E-state index in [4.69, 9.17) is 5.10 Å². The molecule has 0 saturated heterocycles. The summed E-state index contributed by atoms with van der Waals surface area (Å²) in [7, 11) is 0. The van der Waals surface area contributed by atoms with E-state index in [1.807, 2.05) is 73.7 Å². The Morgan fingerprint density at radius 1 is 0.944 bits per heavy atom. The Hall–Kier alpha value is -4.65. The zero-order chi connectivity index (χ0) is 24.8. The van der Waals surface area contributed by atoms with Crippen LogP contribution < -0.4 is 5.56 Å². The molecule has 36 heavy (non-hydrogen) atoms. The predicted octanol–water partition coefficient (Wildman–Crippen LogP) is 5.14. The van der Waals surface area contributed by atoms with Crippen molar-refractivity contribution < 1.29 is 4.79 Å². The first-order valence-electron chi connectivity index (χ1n) is 11.8. The Balaban J connectivity index is 1.54. The summed E-state index contributed by atoms with van der Waals surface area (Å²) in [5.41, 5.74) is 6.85. The standard InChI is InChI=1S/C29H23N5O2/c1-17-8-10-21-23(14-17)32-29(36)28(27(21)19-6-4-3-5-7-19)25-16-26(34(33-25)18(2)35)20-9-11-22-24(15-20)31-13-12-30-22/h3-15,26H,16H2,1-2H3,(H,32,36). The van der Waals surface area contributed by atoms with E-state index in [0.29, 0.717) is 17.7 Å². The number of aryl methyl sites for hydroxylation is 1. The summed E-state index contributed by atoms with van der Waals surface area (Å²) in [5.74, 6) is -0.191. The molecule has 6 rings (SSSR count). The molecule has 1 atom stereocenters. The number of aromatic amines is 1. The first-order chi connectivity index (χ1) is 17.5. The van der Waals surface area contributed by atoms with Crippen LogP contribution in [0.2, 0.25) is 0 Å². The molecule has 2 aromatic heterocycles. The Labute approximate surface area is 207 Å². The number of fused-ring (bicyclic) bond motifs is 2. The smallest absolute Gasteiger partial charge is 0.258 e. The molecule has 176 valence electrons. The van der Waals surface area contributed by atoms with Crippen molar-refractivity contribution in [2.75, 3.05) is 0 Å². The highest BCUT2D eigenvalue weighted by molar-refractivity contribution is 6.12. The third-order valence-corrected chi connectivity index (χ3v) is 6.63. The van der Waals surface area contributed by atoms with Gasteiger partial charge in [-0.2, -0.15) is 5.10 Å². The highest BCUT2D eigenvalue weighted by Gasteiger charge is 2.34. The minimum atomic E-state index is -0.347. The summed E-state index contributed by atoms with van der Waals surface area (Å²) in [4.78, 5) is 38.0. The van der Waals surface area contributed by atoms with Gasteiger partial charge in [-0.1, -0.05) is 48.5 Å². The number of carbonyl (C=O) groups excluding carboxylic acids is 1. The van der Waals surface area contributed by atoms with Crippen LogP contribution in [0.1, 0.15) is 36.1 Å². The number of amides is 1. The molecule has 0 spiro atoms. The van der Waals surface area contributed by atoms with E-state index >= 15 is 0 Å². The van der Waals surface area contributed by atoms with Crippen molar-refractivity contribution in [1.82, 2.24) is 20.0 Å². The lowest BCUT2D eigenvalue weighted by molar-refractivity contribution is -0.130. The highest BCUT2D eigenvalue weighted by atomic mass is 16.2. The lowest BCUT2D eigenvalue weighted by Crippen LogP contribution is -2.24. The number of carbonyl (C=O) groups is 1. The molecule has 7 nitrogen and oxygen atoms in total. The molecule has 0 aliphatic carbocycles. The van der Waals surface area contributed by atoms with Crippen LogP contribution in [0.3, 0.4) is 0 Å². The van der Waals surface area contributed by atoms with Gasteiger partial charge in [-0.25, -0.2) is 5.01 Å². The maximum Gasteiger partial charge on any atom is 0.258 e. The number of hydrogen-bond donors (Lipinski definition) is 1. The average Bonchev–Trinajstić information content (AvgIpc) is 3.33. The van der Waals surface area contributed by atoms with Gasteiger partial charge in [0.05, 0.1) is 28.4 Å². The van der Waals surface area contributed by atoms with Crippen LogP contribution in [0.5, 0.6) is 0 Å². The van der Waals surface area contributed by atoms with Gasteiger partial charge in [0.25, 0.3) is 5.56 Å². The molecule has 7 heteroatoms. The number of benzene rings is 3. The molecular weight excluding hydrogens is 450 g/mol. The molecule has 0 radical (unpaired) electrons. The maximum atomic E-state index is 13.6. The van der Waals surface area contributed by atoms with E-state index in [1.54, 1.807) is 12.4 Å². The number of hydrazone groups is 1. The van der Waals surface area contributed by atoms with Crippen molar-refractivity contribution in [3.8, 4) is 11.1 Å². The fourth-order valence-electron chi connectivity index (χ4n) is 4.99. The summed E-state index contributed by atoms with van der Waals surface area (Å²) in [6.45, 7) is 3.49. The molecular formula is C29H23N5O2. The van der Waals surface area contributed by atoms with Crippen LogP contribution in [0.25, 0.3) is 33.1 Å². The van der Waals surface area contributed by atoms with Crippen molar-refractivity contribution in [1.29, 1.82) is 0 Å². The lowest BCUT2D eigenvalue weighted by Gasteiger charge is -2.20. The van der Waals surface area contributed by atoms with E-state index in [0.717, 1.165) is 44.2 Å². The zero-order valence-corrected chi connectivity index (χ0v) is 19.9. The van der Waals surface area contributed by atoms with Crippen molar-refractivity contribution in [2.24, 2.45) is 5.10 Å². The van der Waals surface area contributed by atoms with Gasteiger partial charge in [-0.3, -0.25) is 19.6 Å². The van der Waals surface area contributed by atoms with Crippen LogP contribution in [0.4, 0.5) is 0 Å². The molecule has 0 fully saturated rings. The van der Waals surface area contributed by atoms with E-state index in [-0.39, 0.29) is 17.5 Å². The van der Waals surface area contributed by atoms with Gasteiger partial charge < -0.3 is 4.98 Å². The number of pyridine rings is 1. The van der Waals surface area contributed by atoms with Crippen LogP contribution >= 0.6 is 0 Å². The van der Waals surface area contributed by atoms with Gasteiger partial charge in [0.15, 0.2) is 0 Å². The maximum absolute atomic E-state index is 13.6. The molecule has 3 aromatic carbocycles. The number of rotatable bonds is 3. The summed E-state index contributed by atoms with van der Waals surface area (Å²) < 4.78 is 0. The third-order valence-electron chi connectivity index (χ3n) is 6.63. The second kappa shape index (κ2) is 8.53. The normalized spacial score (nSPS) is 15.4. The van der Waals surface area contributed by atoms with E-state index in [1.165, 1.54) is 11.9 Å². The summed E-state index contributed by atoms with van der Waals surface area (Å²) >= 11 is 0. The molecule has 0 saturated carbocycles. The van der Waals surface area contributed by atoms with Crippen molar-refractivity contribution in [3.63, 3.8) is 0 Å². The predicted molar refractivity (Wildman–Crippen MR) is 141 cm³/mol. The first kappa shape index (κ1) is 21.9. The topological polar surface area (TPSA) is 91.3 Å². The van der Waals surface area contributed by atoms with Crippen LogP contribution in [-0.2, 0) is 4.79 Å². The zero-order valence-electron chi connectivity index (χ0n) is 19.9. The van der Waals surface area contributed by atoms with Crippen molar-refractivity contribution in [2.45, 2.75) is 26.3 Å².